The number of hydrogen-bond donors (Lipinski definition) is 1. The Labute approximate surface area is 122 Å². The first kappa shape index (κ1) is 13.3. The molecule has 1 aromatic carbocycles. The summed E-state index contributed by atoms with van der Waals surface area (Å²) in [4.78, 5) is 18.4. The molecule has 3 rings (SSSR count). The molecule has 0 bridgehead atoms. The molecule has 1 aromatic heterocycles. The summed E-state index contributed by atoms with van der Waals surface area (Å²) in [7, 11) is 0. The molecule has 1 atom stereocenters. The molecule has 1 unspecified atom stereocenters. The number of carbonyl (C=O) groups is 1. The molecular weight excluding hydrogens is 266 g/mol. The van der Waals surface area contributed by atoms with Crippen molar-refractivity contribution < 1.29 is 4.79 Å². The highest BCUT2D eigenvalue weighted by atomic mass is 16.2. The molecule has 1 amide bonds. The zero-order chi connectivity index (χ0) is 14.7. The van der Waals surface area contributed by atoms with Gasteiger partial charge in [-0.3, -0.25) is 9.89 Å². The minimum Gasteiger partial charge on any atom is -0.337 e. The third-order valence-electron chi connectivity index (χ3n) is 3.69. The number of aromatic amines is 1. The fourth-order valence-corrected chi connectivity index (χ4v) is 2.59. The van der Waals surface area contributed by atoms with Crippen molar-refractivity contribution in [2.24, 2.45) is 5.92 Å². The van der Waals surface area contributed by atoms with E-state index in [-0.39, 0.29) is 11.8 Å². The van der Waals surface area contributed by atoms with E-state index in [1.54, 1.807) is 17.0 Å². The quantitative estimate of drug-likeness (QED) is 0.910. The summed E-state index contributed by atoms with van der Waals surface area (Å²) in [6, 6.07) is 9.56. The van der Waals surface area contributed by atoms with Crippen LogP contribution in [0.5, 0.6) is 0 Å². The molecule has 0 aliphatic carbocycles. The summed E-state index contributed by atoms with van der Waals surface area (Å²) in [5, 5.41) is 15.6. The Hall–Kier alpha value is -2.68. The van der Waals surface area contributed by atoms with E-state index < -0.39 is 0 Å². The van der Waals surface area contributed by atoms with Gasteiger partial charge in [0, 0.05) is 24.2 Å². The lowest BCUT2D eigenvalue weighted by atomic mass is 9.98. The average molecular weight is 281 g/mol. The third-order valence-corrected chi connectivity index (χ3v) is 3.69. The Morgan fingerprint density at radius 3 is 3.14 bits per heavy atom. The number of hydrogen-bond acceptors (Lipinski definition) is 4. The molecule has 0 spiro atoms. The van der Waals surface area contributed by atoms with Crippen molar-refractivity contribution in [1.29, 1.82) is 5.26 Å². The highest BCUT2D eigenvalue weighted by Gasteiger charge is 2.24. The highest BCUT2D eigenvalue weighted by molar-refractivity contribution is 5.95. The van der Waals surface area contributed by atoms with Gasteiger partial charge >= 0.3 is 0 Å². The van der Waals surface area contributed by atoms with Crippen LogP contribution in [0.25, 0.3) is 11.4 Å². The Balaban J connectivity index is 1.82. The zero-order valence-corrected chi connectivity index (χ0v) is 11.5. The summed E-state index contributed by atoms with van der Waals surface area (Å²) >= 11 is 0. The lowest BCUT2D eigenvalue weighted by Gasteiger charge is -2.29. The largest absolute Gasteiger partial charge is 0.337 e. The molecule has 1 aliphatic rings. The predicted octanol–water partition coefficient (Wildman–Crippen LogP) is 1.85. The number of nitrogens with zero attached hydrogens (tertiary/aromatic N) is 4. The normalized spacial score (nSPS) is 18.2. The zero-order valence-electron chi connectivity index (χ0n) is 11.5. The number of amides is 1. The fraction of sp³-hybridized carbons (Fsp3) is 0.333. The first-order valence-electron chi connectivity index (χ1n) is 6.92. The minimum absolute atomic E-state index is 0.0312. The van der Waals surface area contributed by atoms with Crippen LogP contribution in [0.1, 0.15) is 23.2 Å². The number of rotatable bonds is 2. The lowest BCUT2D eigenvalue weighted by molar-refractivity contribution is 0.0699. The second kappa shape index (κ2) is 5.75. The number of nitrogens with one attached hydrogen (secondary N) is 1. The van der Waals surface area contributed by atoms with Crippen molar-refractivity contribution in [2.75, 3.05) is 13.1 Å². The van der Waals surface area contributed by atoms with E-state index in [1.807, 2.05) is 12.1 Å². The van der Waals surface area contributed by atoms with Crippen LogP contribution < -0.4 is 0 Å². The molecule has 1 saturated heterocycles. The van der Waals surface area contributed by atoms with Gasteiger partial charge in [-0.25, -0.2) is 4.98 Å². The van der Waals surface area contributed by atoms with Crippen LogP contribution in [0.15, 0.2) is 30.6 Å². The van der Waals surface area contributed by atoms with Crippen molar-refractivity contribution in [1.82, 2.24) is 20.1 Å². The number of piperidine rings is 1. The van der Waals surface area contributed by atoms with Crippen LogP contribution in [-0.2, 0) is 0 Å². The molecule has 0 radical (unpaired) electrons. The Morgan fingerprint density at radius 1 is 1.48 bits per heavy atom. The van der Waals surface area contributed by atoms with Crippen LogP contribution in [0.3, 0.4) is 0 Å². The molecule has 2 aromatic rings. The monoisotopic (exact) mass is 281 g/mol. The number of benzene rings is 1. The van der Waals surface area contributed by atoms with Crippen molar-refractivity contribution in [3.8, 4) is 17.5 Å². The topological polar surface area (TPSA) is 85.7 Å². The van der Waals surface area contributed by atoms with E-state index in [0.29, 0.717) is 24.5 Å². The highest BCUT2D eigenvalue weighted by Crippen LogP contribution is 2.20. The molecule has 0 saturated carbocycles. The van der Waals surface area contributed by atoms with Gasteiger partial charge in [-0.05, 0) is 25.0 Å². The number of likely N-dealkylation sites (tertiary alicyclic amines) is 1. The summed E-state index contributed by atoms with van der Waals surface area (Å²) in [5.74, 6) is 0.551. The molecule has 2 heterocycles. The van der Waals surface area contributed by atoms with Gasteiger partial charge in [-0.15, -0.1) is 0 Å². The van der Waals surface area contributed by atoms with Gasteiger partial charge in [-0.2, -0.15) is 10.4 Å². The van der Waals surface area contributed by atoms with E-state index in [0.717, 1.165) is 18.4 Å². The standard InChI is InChI=1S/C15H15N5O/c16-8-11-3-2-6-20(9-11)15(21)13-5-1-4-12(7-13)14-17-10-18-19-14/h1,4-5,7,10-11H,2-3,6,9H2,(H,17,18,19). The van der Waals surface area contributed by atoms with Gasteiger partial charge in [0.1, 0.15) is 6.33 Å². The molecular formula is C15H15N5O. The SMILES string of the molecule is N#CC1CCCN(C(=O)c2cccc(-c3ncn[nH]3)c2)C1. The van der Waals surface area contributed by atoms with Crippen molar-refractivity contribution in [3.63, 3.8) is 0 Å². The molecule has 21 heavy (non-hydrogen) atoms. The molecule has 106 valence electrons. The summed E-state index contributed by atoms with van der Waals surface area (Å²) < 4.78 is 0. The number of H-pyrrole nitrogens is 1. The second-order valence-corrected chi connectivity index (χ2v) is 5.13. The summed E-state index contributed by atoms with van der Waals surface area (Å²) in [5.41, 5.74) is 1.44. The van der Waals surface area contributed by atoms with Gasteiger partial charge in [0.2, 0.25) is 0 Å². The van der Waals surface area contributed by atoms with Gasteiger partial charge < -0.3 is 4.90 Å². The maximum Gasteiger partial charge on any atom is 0.253 e. The minimum atomic E-state index is -0.0554. The number of carbonyl (C=O) groups excluding carboxylic acids is 1. The van der Waals surface area contributed by atoms with E-state index in [4.69, 9.17) is 5.26 Å². The van der Waals surface area contributed by atoms with E-state index in [1.165, 1.54) is 6.33 Å². The van der Waals surface area contributed by atoms with Crippen LogP contribution in [0, 0.1) is 17.2 Å². The second-order valence-electron chi connectivity index (χ2n) is 5.13. The Bertz CT molecular complexity index is 674. The van der Waals surface area contributed by atoms with Crippen LogP contribution in [-0.4, -0.2) is 39.1 Å². The van der Waals surface area contributed by atoms with Crippen LogP contribution >= 0.6 is 0 Å². The molecule has 6 nitrogen and oxygen atoms in total. The van der Waals surface area contributed by atoms with E-state index in [9.17, 15) is 4.79 Å². The number of nitriles is 1. The summed E-state index contributed by atoms with van der Waals surface area (Å²) in [6.45, 7) is 1.23. The van der Waals surface area contributed by atoms with Crippen LogP contribution in [0.2, 0.25) is 0 Å². The maximum absolute atomic E-state index is 12.6. The third kappa shape index (κ3) is 2.77. The van der Waals surface area contributed by atoms with Crippen molar-refractivity contribution in [3.05, 3.63) is 36.2 Å². The first-order valence-corrected chi connectivity index (χ1v) is 6.92. The van der Waals surface area contributed by atoms with Gasteiger partial charge in [-0.1, -0.05) is 12.1 Å². The number of aromatic nitrogens is 3. The van der Waals surface area contributed by atoms with Crippen LogP contribution in [0.4, 0.5) is 0 Å². The van der Waals surface area contributed by atoms with Crippen molar-refractivity contribution in [2.45, 2.75) is 12.8 Å². The van der Waals surface area contributed by atoms with E-state index in [2.05, 4.69) is 21.3 Å². The fourth-order valence-electron chi connectivity index (χ4n) is 2.59. The van der Waals surface area contributed by atoms with E-state index >= 15 is 0 Å². The summed E-state index contributed by atoms with van der Waals surface area (Å²) in [6.07, 6.45) is 3.19. The smallest absolute Gasteiger partial charge is 0.253 e. The lowest BCUT2D eigenvalue weighted by Crippen LogP contribution is -2.39. The van der Waals surface area contributed by atoms with Gasteiger partial charge in [0.25, 0.3) is 5.91 Å². The first-order chi connectivity index (χ1) is 10.3. The predicted molar refractivity (Wildman–Crippen MR) is 76.1 cm³/mol. The van der Waals surface area contributed by atoms with Crippen molar-refractivity contribution >= 4 is 5.91 Å². The molecule has 6 heteroatoms. The van der Waals surface area contributed by atoms with Gasteiger partial charge in [0.05, 0.1) is 12.0 Å². The molecule has 1 aliphatic heterocycles. The molecule has 1 N–H and O–H groups in total. The molecule has 1 fully saturated rings. The average Bonchev–Trinajstić information content (AvgIpc) is 3.09. The van der Waals surface area contributed by atoms with Gasteiger partial charge in [0.15, 0.2) is 5.82 Å². The Kier molecular flexibility index (Phi) is 3.65. The maximum atomic E-state index is 12.6. The Morgan fingerprint density at radius 2 is 2.38 bits per heavy atom.